The van der Waals surface area contributed by atoms with Gasteiger partial charge in [-0.25, -0.2) is 4.39 Å². The van der Waals surface area contributed by atoms with Crippen molar-refractivity contribution in [1.29, 1.82) is 0 Å². The second-order valence-corrected chi connectivity index (χ2v) is 6.06. The molecule has 0 aromatic heterocycles. The van der Waals surface area contributed by atoms with E-state index in [1.54, 1.807) is 0 Å². The lowest BCUT2D eigenvalue weighted by Crippen LogP contribution is -2.40. The monoisotopic (exact) mass is 255 g/mol. The lowest BCUT2D eigenvalue weighted by Gasteiger charge is -2.34. The lowest BCUT2D eigenvalue weighted by atomic mass is 10.0. The second kappa shape index (κ2) is 5.74. The van der Waals surface area contributed by atoms with Crippen molar-refractivity contribution in [3.63, 3.8) is 0 Å². The van der Waals surface area contributed by atoms with Gasteiger partial charge in [-0.05, 0) is 24.1 Å². The van der Waals surface area contributed by atoms with Gasteiger partial charge in [-0.2, -0.15) is 0 Å². The Bertz CT molecular complexity index is 383. The predicted octanol–water partition coefficient (Wildman–Crippen LogP) is 2.34. The normalized spacial score (nSPS) is 20.4. The molecule has 1 aromatic carbocycles. The van der Waals surface area contributed by atoms with Crippen molar-refractivity contribution in [3.05, 3.63) is 35.6 Å². The van der Waals surface area contributed by atoms with Crippen LogP contribution in [0.5, 0.6) is 0 Å². The standard InChI is InChI=1S/C13H18FNOS/c1-2-13(11-3-5-12(14)6-4-11)15-7-9-17(16)10-8-15/h3-6,13H,2,7-10H2,1H3/t13-/m1/s1. The minimum Gasteiger partial charge on any atom is -0.295 e. The fourth-order valence-electron chi connectivity index (χ4n) is 2.35. The van der Waals surface area contributed by atoms with Crippen LogP contribution in [0.3, 0.4) is 0 Å². The molecule has 0 bridgehead atoms. The largest absolute Gasteiger partial charge is 0.295 e. The van der Waals surface area contributed by atoms with Gasteiger partial charge in [-0.15, -0.1) is 0 Å². The van der Waals surface area contributed by atoms with Crippen LogP contribution in [0.15, 0.2) is 24.3 Å². The molecule has 1 aromatic rings. The van der Waals surface area contributed by atoms with Gasteiger partial charge >= 0.3 is 0 Å². The zero-order chi connectivity index (χ0) is 12.3. The van der Waals surface area contributed by atoms with Gasteiger partial charge in [0.25, 0.3) is 0 Å². The van der Waals surface area contributed by atoms with Gasteiger partial charge in [0.2, 0.25) is 0 Å². The van der Waals surface area contributed by atoms with E-state index in [1.165, 1.54) is 12.1 Å². The van der Waals surface area contributed by atoms with Gasteiger partial charge < -0.3 is 0 Å². The van der Waals surface area contributed by atoms with Gasteiger partial charge in [0, 0.05) is 41.4 Å². The Labute approximate surface area is 104 Å². The summed E-state index contributed by atoms with van der Waals surface area (Å²) < 4.78 is 24.2. The van der Waals surface area contributed by atoms with Crippen LogP contribution < -0.4 is 0 Å². The van der Waals surface area contributed by atoms with Crippen molar-refractivity contribution in [2.75, 3.05) is 24.6 Å². The van der Waals surface area contributed by atoms with Crippen LogP contribution in [0.1, 0.15) is 24.9 Å². The third-order valence-electron chi connectivity index (χ3n) is 3.29. The van der Waals surface area contributed by atoms with Crippen LogP contribution in [0, 0.1) is 5.82 Å². The molecule has 1 atom stereocenters. The van der Waals surface area contributed by atoms with Crippen molar-refractivity contribution < 1.29 is 8.60 Å². The van der Waals surface area contributed by atoms with Crippen molar-refractivity contribution in [3.8, 4) is 0 Å². The van der Waals surface area contributed by atoms with Gasteiger partial charge in [-0.1, -0.05) is 19.1 Å². The number of hydrogen-bond donors (Lipinski definition) is 0. The summed E-state index contributed by atoms with van der Waals surface area (Å²) in [6, 6.07) is 7.07. The quantitative estimate of drug-likeness (QED) is 0.826. The second-order valence-electron chi connectivity index (χ2n) is 4.36. The summed E-state index contributed by atoms with van der Waals surface area (Å²) >= 11 is 0. The number of halogens is 1. The van der Waals surface area contributed by atoms with Gasteiger partial charge in [-0.3, -0.25) is 9.11 Å². The van der Waals surface area contributed by atoms with E-state index in [2.05, 4.69) is 11.8 Å². The number of benzene rings is 1. The first kappa shape index (κ1) is 12.7. The molecular formula is C13H18FNOS. The molecule has 0 amide bonds. The fraction of sp³-hybridized carbons (Fsp3) is 0.538. The summed E-state index contributed by atoms with van der Waals surface area (Å²) in [5.74, 6) is 1.33. The Morgan fingerprint density at radius 2 is 1.88 bits per heavy atom. The molecule has 4 heteroatoms. The van der Waals surface area contributed by atoms with Crippen molar-refractivity contribution in [1.82, 2.24) is 4.90 Å². The van der Waals surface area contributed by atoms with Crippen LogP contribution >= 0.6 is 0 Å². The summed E-state index contributed by atoms with van der Waals surface area (Å²) in [7, 11) is -0.641. The SMILES string of the molecule is CC[C@H](c1ccc(F)cc1)N1CCS(=O)CC1. The van der Waals surface area contributed by atoms with E-state index in [0.717, 1.165) is 36.6 Å². The van der Waals surface area contributed by atoms with E-state index >= 15 is 0 Å². The Morgan fingerprint density at radius 1 is 1.29 bits per heavy atom. The highest BCUT2D eigenvalue weighted by atomic mass is 32.2. The third-order valence-corrected chi connectivity index (χ3v) is 4.57. The topological polar surface area (TPSA) is 20.3 Å². The molecule has 17 heavy (non-hydrogen) atoms. The summed E-state index contributed by atoms with van der Waals surface area (Å²) in [5.41, 5.74) is 1.15. The summed E-state index contributed by atoms with van der Waals surface area (Å²) in [5, 5.41) is 0. The lowest BCUT2D eigenvalue weighted by molar-refractivity contribution is 0.210. The van der Waals surface area contributed by atoms with Gasteiger partial charge in [0.15, 0.2) is 0 Å². The number of hydrogen-bond acceptors (Lipinski definition) is 2. The van der Waals surface area contributed by atoms with Crippen molar-refractivity contribution in [2.24, 2.45) is 0 Å². The average Bonchev–Trinajstić information content (AvgIpc) is 2.35. The third kappa shape index (κ3) is 3.13. The Kier molecular flexibility index (Phi) is 4.29. The molecule has 2 rings (SSSR count). The number of rotatable bonds is 3. The van der Waals surface area contributed by atoms with Gasteiger partial charge in [0.1, 0.15) is 5.82 Å². The first-order valence-electron chi connectivity index (χ1n) is 6.05. The van der Waals surface area contributed by atoms with E-state index in [4.69, 9.17) is 0 Å². The molecule has 0 unspecified atom stereocenters. The van der Waals surface area contributed by atoms with E-state index in [-0.39, 0.29) is 5.82 Å². The number of nitrogens with zero attached hydrogens (tertiary/aromatic N) is 1. The molecular weight excluding hydrogens is 237 g/mol. The molecule has 2 nitrogen and oxygen atoms in total. The molecule has 1 aliphatic rings. The summed E-state index contributed by atoms with van der Waals surface area (Å²) in [4.78, 5) is 2.36. The van der Waals surface area contributed by atoms with E-state index in [1.807, 2.05) is 12.1 Å². The fourth-order valence-corrected chi connectivity index (χ4v) is 3.43. The Balaban J connectivity index is 2.10. The van der Waals surface area contributed by atoms with E-state index in [9.17, 15) is 8.60 Å². The molecule has 0 N–H and O–H groups in total. The summed E-state index contributed by atoms with van der Waals surface area (Å²) in [6.07, 6.45) is 0.998. The highest BCUT2D eigenvalue weighted by Crippen LogP contribution is 2.25. The van der Waals surface area contributed by atoms with Crippen LogP contribution in [0.4, 0.5) is 4.39 Å². The van der Waals surface area contributed by atoms with Crippen LogP contribution in [0.25, 0.3) is 0 Å². The van der Waals surface area contributed by atoms with Gasteiger partial charge in [0.05, 0.1) is 0 Å². The Hall–Kier alpha value is -0.740. The smallest absolute Gasteiger partial charge is 0.123 e. The molecule has 1 aliphatic heterocycles. The first-order chi connectivity index (χ1) is 8.20. The van der Waals surface area contributed by atoms with Crippen LogP contribution in [-0.2, 0) is 10.8 Å². The van der Waals surface area contributed by atoms with Crippen molar-refractivity contribution in [2.45, 2.75) is 19.4 Å². The predicted molar refractivity (Wildman–Crippen MR) is 68.9 cm³/mol. The highest BCUT2D eigenvalue weighted by Gasteiger charge is 2.23. The minimum atomic E-state index is -0.641. The molecule has 0 radical (unpaired) electrons. The first-order valence-corrected chi connectivity index (χ1v) is 7.54. The highest BCUT2D eigenvalue weighted by molar-refractivity contribution is 7.85. The molecule has 0 spiro atoms. The zero-order valence-corrected chi connectivity index (χ0v) is 10.9. The minimum absolute atomic E-state index is 0.191. The molecule has 1 saturated heterocycles. The average molecular weight is 255 g/mol. The molecule has 0 aliphatic carbocycles. The maximum Gasteiger partial charge on any atom is 0.123 e. The van der Waals surface area contributed by atoms with E-state index < -0.39 is 10.8 Å². The molecule has 1 fully saturated rings. The van der Waals surface area contributed by atoms with Crippen LogP contribution in [-0.4, -0.2) is 33.7 Å². The molecule has 1 heterocycles. The van der Waals surface area contributed by atoms with Crippen molar-refractivity contribution >= 4 is 10.8 Å². The molecule has 0 saturated carbocycles. The van der Waals surface area contributed by atoms with Crippen LogP contribution in [0.2, 0.25) is 0 Å². The zero-order valence-electron chi connectivity index (χ0n) is 10.1. The summed E-state index contributed by atoms with van der Waals surface area (Å²) in [6.45, 7) is 3.89. The maximum atomic E-state index is 12.9. The Morgan fingerprint density at radius 3 is 2.41 bits per heavy atom. The maximum absolute atomic E-state index is 12.9. The molecule has 94 valence electrons. The van der Waals surface area contributed by atoms with E-state index in [0.29, 0.717) is 6.04 Å².